The Hall–Kier alpha value is -1.80. The lowest BCUT2D eigenvalue weighted by molar-refractivity contribution is -0.137. The lowest BCUT2D eigenvalue weighted by Crippen LogP contribution is -2.43. The molecule has 0 bridgehead atoms. The summed E-state index contributed by atoms with van der Waals surface area (Å²) in [5, 5.41) is 14.9. The van der Waals surface area contributed by atoms with Crippen LogP contribution < -0.4 is 10.6 Å². The highest BCUT2D eigenvalue weighted by Gasteiger charge is 2.31. The van der Waals surface area contributed by atoms with Crippen molar-refractivity contribution in [2.75, 3.05) is 25.1 Å². The lowest BCUT2D eigenvalue weighted by Gasteiger charge is -2.23. The Kier molecular flexibility index (Phi) is 4.69. The highest BCUT2D eigenvalue weighted by atomic mass is 19.4. The van der Waals surface area contributed by atoms with Gasteiger partial charge in [0.1, 0.15) is 5.75 Å². The number of amides is 1. The Balaban J connectivity index is 2.02. The number of phenolic OH excluding ortho intramolecular Hbond substituents is 1. The van der Waals surface area contributed by atoms with Crippen molar-refractivity contribution in [2.45, 2.75) is 18.6 Å². The van der Waals surface area contributed by atoms with E-state index in [0.717, 1.165) is 12.1 Å². The molecular formula is C13H15F3N2O3. The Labute approximate surface area is 119 Å². The number of aromatic hydroxyl groups is 1. The predicted octanol–water partition coefficient (Wildman–Crippen LogP) is 1.73. The molecule has 1 fully saturated rings. The van der Waals surface area contributed by atoms with E-state index in [0.29, 0.717) is 25.8 Å². The predicted molar refractivity (Wildman–Crippen MR) is 69.0 cm³/mol. The first-order valence-corrected chi connectivity index (χ1v) is 6.37. The summed E-state index contributed by atoms with van der Waals surface area (Å²) < 4.78 is 42.9. The summed E-state index contributed by atoms with van der Waals surface area (Å²) >= 11 is 0. The van der Waals surface area contributed by atoms with Gasteiger partial charge in [0.15, 0.2) is 0 Å². The van der Waals surface area contributed by atoms with Crippen LogP contribution in [0, 0.1) is 0 Å². The molecule has 21 heavy (non-hydrogen) atoms. The van der Waals surface area contributed by atoms with Crippen molar-refractivity contribution >= 4 is 11.6 Å². The van der Waals surface area contributed by atoms with Gasteiger partial charge >= 0.3 is 6.18 Å². The first-order valence-electron chi connectivity index (χ1n) is 6.37. The lowest BCUT2D eigenvalue weighted by atomic mass is 10.1. The molecule has 1 aromatic carbocycles. The maximum Gasteiger partial charge on any atom is 0.416 e. The Bertz CT molecular complexity index is 514. The largest absolute Gasteiger partial charge is 0.506 e. The van der Waals surface area contributed by atoms with Gasteiger partial charge in [0, 0.05) is 19.0 Å². The molecule has 0 aromatic heterocycles. The van der Waals surface area contributed by atoms with Gasteiger partial charge in [0.05, 0.1) is 24.5 Å². The van der Waals surface area contributed by atoms with Crippen LogP contribution in [0.2, 0.25) is 0 Å². The van der Waals surface area contributed by atoms with E-state index in [9.17, 15) is 23.1 Å². The van der Waals surface area contributed by atoms with Crippen LogP contribution in [0.25, 0.3) is 0 Å². The number of morpholine rings is 1. The molecule has 2 rings (SSSR count). The van der Waals surface area contributed by atoms with Gasteiger partial charge in [-0.1, -0.05) is 0 Å². The number of anilines is 1. The molecule has 0 aliphatic carbocycles. The number of hydrogen-bond acceptors (Lipinski definition) is 4. The highest BCUT2D eigenvalue weighted by molar-refractivity contribution is 5.92. The smallest absolute Gasteiger partial charge is 0.416 e. The SMILES string of the molecule is O=C(CC1COCCN1)Nc1cc(C(F)(F)F)ccc1O. The molecule has 0 spiro atoms. The number of carbonyl (C=O) groups excluding carboxylic acids is 1. The van der Waals surface area contributed by atoms with Crippen molar-refractivity contribution in [3.63, 3.8) is 0 Å². The van der Waals surface area contributed by atoms with E-state index in [2.05, 4.69) is 10.6 Å². The number of alkyl halides is 3. The summed E-state index contributed by atoms with van der Waals surface area (Å²) in [7, 11) is 0. The van der Waals surface area contributed by atoms with Crippen molar-refractivity contribution in [1.29, 1.82) is 0 Å². The van der Waals surface area contributed by atoms with Gasteiger partial charge in [-0.2, -0.15) is 13.2 Å². The Morgan fingerprint density at radius 2 is 2.24 bits per heavy atom. The first kappa shape index (κ1) is 15.6. The number of rotatable bonds is 3. The zero-order valence-electron chi connectivity index (χ0n) is 11.0. The third kappa shape index (κ3) is 4.33. The van der Waals surface area contributed by atoms with E-state index in [1.165, 1.54) is 0 Å². The second-order valence-electron chi connectivity index (χ2n) is 4.71. The molecule has 5 nitrogen and oxygen atoms in total. The van der Waals surface area contributed by atoms with Gasteiger partial charge in [-0.05, 0) is 18.2 Å². The average molecular weight is 304 g/mol. The fraction of sp³-hybridized carbons (Fsp3) is 0.462. The molecule has 1 aliphatic rings. The number of phenols is 1. The van der Waals surface area contributed by atoms with Gasteiger partial charge < -0.3 is 20.5 Å². The number of nitrogens with one attached hydrogen (secondary N) is 2. The van der Waals surface area contributed by atoms with E-state index < -0.39 is 23.4 Å². The molecular weight excluding hydrogens is 289 g/mol. The van der Waals surface area contributed by atoms with Crippen LogP contribution in [0.1, 0.15) is 12.0 Å². The van der Waals surface area contributed by atoms with Crippen LogP contribution in [0.4, 0.5) is 18.9 Å². The van der Waals surface area contributed by atoms with Gasteiger partial charge in [-0.3, -0.25) is 4.79 Å². The fourth-order valence-corrected chi connectivity index (χ4v) is 1.99. The molecule has 0 saturated carbocycles. The summed E-state index contributed by atoms with van der Waals surface area (Å²) in [5.41, 5.74) is -1.19. The Morgan fingerprint density at radius 1 is 1.48 bits per heavy atom. The van der Waals surface area contributed by atoms with E-state index in [1.807, 2.05) is 0 Å². The van der Waals surface area contributed by atoms with Gasteiger partial charge in [-0.25, -0.2) is 0 Å². The zero-order chi connectivity index (χ0) is 15.5. The fourth-order valence-electron chi connectivity index (χ4n) is 1.99. The second-order valence-corrected chi connectivity index (χ2v) is 4.71. The van der Waals surface area contributed by atoms with Gasteiger partial charge in [0.2, 0.25) is 5.91 Å². The standard InChI is InChI=1S/C13H15F3N2O3/c14-13(15,16)8-1-2-11(19)10(5-8)18-12(20)6-9-7-21-4-3-17-9/h1-2,5,9,17,19H,3-4,6-7H2,(H,18,20). The number of halogens is 3. The minimum absolute atomic E-state index is 0.0513. The molecule has 0 radical (unpaired) electrons. The van der Waals surface area contributed by atoms with Crippen molar-refractivity contribution in [1.82, 2.24) is 5.32 Å². The molecule has 3 N–H and O–H groups in total. The number of carbonyl (C=O) groups is 1. The average Bonchev–Trinajstić information content (AvgIpc) is 2.41. The first-order chi connectivity index (χ1) is 9.86. The summed E-state index contributed by atoms with van der Waals surface area (Å²) in [6.07, 6.45) is -4.48. The molecule has 1 saturated heterocycles. The highest BCUT2D eigenvalue weighted by Crippen LogP contribution is 2.34. The van der Waals surface area contributed by atoms with Crippen LogP contribution in [0.15, 0.2) is 18.2 Å². The number of hydrogen-bond donors (Lipinski definition) is 3. The van der Waals surface area contributed by atoms with E-state index in [1.54, 1.807) is 0 Å². The molecule has 1 atom stereocenters. The minimum Gasteiger partial charge on any atom is -0.506 e. The maximum atomic E-state index is 12.6. The molecule has 1 aliphatic heterocycles. The zero-order valence-corrected chi connectivity index (χ0v) is 11.0. The minimum atomic E-state index is -4.54. The number of benzene rings is 1. The topological polar surface area (TPSA) is 70.6 Å². The van der Waals surface area contributed by atoms with Crippen LogP contribution in [0.5, 0.6) is 5.75 Å². The summed E-state index contributed by atoms with van der Waals surface area (Å²) in [6.45, 7) is 1.54. The third-order valence-electron chi connectivity index (χ3n) is 3.03. The normalized spacial score (nSPS) is 19.3. The van der Waals surface area contributed by atoms with Crippen LogP contribution in [0.3, 0.4) is 0 Å². The Morgan fingerprint density at radius 3 is 2.86 bits per heavy atom. The summed E-state index contributed by atoms with van der Waals surface area (Å²) in [4.78, 5) is 11.8. The molecule has 1 amide bonds. The molecule has 1 heterocycles. The monoisotopic (exact) mass is 304 g/mol. The second kappa shape index (κ2) is 6.31. The molecule has 1 aromatic rings. The molecule has 116 valence electrons. The quantitative estimate of drug-likeness (QED) is 0.744. The van der Waals surface area contributed by atoms with Crippen LogP contribution in [-0.2, 0) is 15.7 Å². The van der Waals surface area contributed by atoms with Crippen LogP contribution >= 0.6 is 0 Å². The van der Waals surface area contributed by atoms with Crippen molar-refractivity contribution in [3.8, 4) is 5.75 Å². The summed E-state index contributed by atoms with van der Waals surface area (Å²) in [6, 6.07) is 2.17. The number of ether oxygens (including phenoxy) is 1. The molecule has 1 unspecified atom stereocenters. The van der Waals surface area contributed by atoms with E-state index >= 15 is 0 Å². The summed E-state index contributed by atoms with van der Waals surface area (Å²) in [5.74, 6) is -0.906. The van der Waals surface area contributed by atoms with Gasteiger partial charge in [-0.15, -0.1) is 0 Å². The van der Waals surface area contributed by atoms with Crippen LogP contribution in [-0.4, -0.2) is 36.8 Å². The van der Waals surface area contributed by atoms with Crippen molar-refractivity contribution < 1.29 is 27.8 Å². The van der Waals surface area contributed by atoms with E-state index in [4.69, 9.17) is 4.74 Å². The van der Waals surface area contributed by atoms with Crippen molar-refractivity contribution in [2.24, 2.45) is 0 Å². The molecule has 8 heteroatoms. The van der Waals surface area contributed by atoms with Gasteiger partial charge in [0.25, 0.3) is 0 Å². The third-order valence-corrected chi connectivity index (χ3v) is 3.03. The maximum absolute atomic E-state index is 12.6. The van der Waals surface area contributed by atoms with Crippen molar-refractivity contribution in [3.05, 3.63) is 23.8 Å². The van der Waals surface area contributed by atoms with E-state index in [-0.39, 0.29) is 18.2 Å².